The molecule has 2 N–H and O–H groups in total. The molecule has 0 bridgehead atoms. The van der Waals surface area contributed by atoms with Gasteiger partial charge in [-0.25, -0.2) is 4.79 Å². The molecule has 100 valence electrons. The zero-order chi connectivity index (χ0) is 13.7. The van der Waals surface area contributed by atoms with Gasteiger partial charge in [0.1, 0.15) is 0 Å². The van der Waals surface area contributed by atoms with Crippen molar-refractivity contribution in [1.29, 1.82) is 0 Å². The monoisotopic (exact) mass is 250 g/mol. The minimum absolute atomic E-state index is 0.307. The fourth-order valence-corrected chi connectivity index (χ4v) is 1.95. The third kappa shape index (κ3) is 3.15. The van der Waals surface area contributed by atoms with Gasteiger partial charge in [-0.1, -0.05) is 0 Å². The Bertz CT molecular complexity index is 416. The molecule has 0 aliphatic carbocycles. The van der Waals surface area contributed by atoms with Gasteiger partial charge in [0.05, 0.1) is 23.5 Å². The second-order valence-electron chi connectivity index (χ2n) is 4.37. The first-order valence-electron chi connectivity index (χ1n) is 6.34. The highest BCUT2D eigenvalue weighted by molar-refractivity contribution is 5.92. The molecule has 1 aromatic rings. The van der Waals surface area contributed by atoms with E-state index in [2.05, 4.69) is 25.7 Å². The minimum atomic E-state index is -0.307. The zero-order valence-electron chi connectivity index (χ0n) is 11.6. The molecule has 1 aromatic carbocycles. The van der Waals surface area contributed by atoms with Gasteiger partial charge < -0.3 is 15.4 Å². The predicted molar refractivity (Wildman–Crippen MR) is 75.0 cm³/mol. The molecule has 0 saturated carbocycles. The first kappa shape index (κ1) is 14.4. The highest BCUT2D eigenvalue weighted by atomic mass is 16.5. The van der Waals surface area contributed by atoms with E-state index >= 15 is 0 Å². The first-order valence-corrected chi connectivity index (χ1v) is 6.34. The Morgan fingerprint density at radius 3 is 2.56 bits per heavy atom. The number of benzene rings is 1. The number of nitrogens with two attached hydrogens (primary N) is 1. The van der Waals surface area contributed by atoms with E-state index in [1.165, 1.54) is 0 Å². The molecule has 0 saturated heterocycles. The smallest absolute Gasteiger partial charge is 0.338 e. The SMILES string of the molecule is CCOC(=O)c1ccc(N)c(N(CC)C(C)C)c1. The molecule has 0 aliphatic heterocycles. The van der Waals surface area contributed by atoms with Gasteiger partial charge in [-0.3, -0.25) is 0 Å². The van der Waals surface area contributed by atoms with Crippen LogP contribution in [-0.2, 0) is 4.74 Å². The van der Waals surface area contributed by atoms with Gasteiger partial charge in [0.25, 0.3) is 0 Å². The number of nitrogens with zero attached hydrogens (tertiary/aromatic N) is 1. The topological polar surface area (TPSA) is 55.6 Å². The van der Waals surface area contributed by atoms with Crippen LogP contribution in [0, 0.1) is 0 Å². The van der Waals surface area contributed by atoms with E-state index in [-0.39, 0.29) is 5.97 Å². The van der Waals surface area contributed by atoms with Crippen molar-refractivity contribution in [3.63, 3.8) is 0 Å². The fourth-order valence-electron chi connectivity index (χ4n) is 1.95. The van der Waals surface area contributed by atoms with E-state index in [4.69, 9.17) is 10.5 Å². The molecule has 4 nitrogen and oxygen atoms in total. The Kier molecular flexibility index (Phi) is 5.01. The van der Waals surface area contributed by atoms with Crippen molar-refractivity contribution in [2.75, 3.05) is 23.8 Å². The average Bonchev–Trinajstić information content (AvgIpc) is 2.32. The van der Waals surface area contributed by atoms with Gasteiger partial charge in [0.2, 0.25) is 0 Å². The molecule has 0 aromatic heterocycles. The van der Waals surface area contributed by atoms with Crippen LogP contribution in [0.25, 0.3) is 0 Å². The van der Waals surface area contributed by atoms with Gasteiger partial charge in [0.15, 0.2) is 0 Å². The molecular formula is C14H22N2O2. The quantitative estimate of drug-likeness (QED) is 0.645. The van der Waals surface area contributed by atoms with Crippen LogP contribution in [0.1, 0.15) is 38.1 Å². The van der Waals surface area contributed by atoms with Crippen molar-refractivity contribution >= 4 is 17.3 Å². The minimum Gasteiger partial charge on any atom is -0.462 e. The van der Waals surface area contributed by atoms with Crippen molar-refractivity contribution in [2.45, 2.75) is 33.7 Å². The lowest BCUT2D eigenvalue weighted by atomic mass is 10.1. The summed E-state index contributed by atoms with van der Waals surface area (Å²) in [5.74, 6) is -0.307. The molecule has 0 atom stereocenters. The van der Waals surface area contributed by atoms with Crippen LogP contribution >= 0.6 is 0 Å². The van der Waals surface area contributed by atoms with Gasteiger partial charge in [-0.05, 0) is 45.9 Å². The Morgan fingerprint density at radius 1 is 1.39 bits per heavy atom. The van der Waals surface area contributed by atoms with E-state index in [1.54, 1.807) is 25.1 Å². The Hall–Kier alpha value is -1.71. The maximum atomic E-state index is 11.7. The average molecular weight is 250 g/mol. The molecule has 4 heteroatoms. The molecule has 0 fully saturated rings. The Balaban J connectivity index is 3.11. The summed E-state index contributed by atoms with van der Waals surface area (Å²) in [6.07, 6.45) is 0. The van der Waals surface area contributed by atoms with Crippen molar-refractivity contribution in [3.8, 4) is 0 Å². The summed E-state index contributed by atoms with van der Waals surface area (Å²) in [6.45, 7) is 9.27. The summed E-state index contributed by atoms with van der Waals surface area (Å²) >= 11 is 0. The molecule has 18 heavy (non-hydrogen) atoms. The Labute approximate surface area is 109 Å². The van der Waals surface area contributed by atoms with Crippen molar-refractivity contribution < 1.29 is 9.53 Å². The maximum absolute atomic E-state index is 11.7. The molecular weight excluding hydrogens is 228 g/mol. The van der Waals surface area contributed by atoms with E-state index in [1.807, 2.05) is 0 Å². The summed E-state index contributed by atoms with van der Waals surface area (Å²) < 4.78 is 5.00. The predicted octanol–water partition coefficient (Wildman–Crippen LogP) is 2.68. The number of rotatable bonds is 5. The van der Waals surface area contributed by atoms with E-state index in [0.717, 1.165) is 12.2 Å². The van der Waals surface area contributed by atoms with Crippen LogP contribution in [0.2, 0.25) is 0 Å². The van der Waals surface area contributed by atoms with Crippen LogP contribution < -0.4 is 10.6 Å². The largest absolute Gasteiger partial charge is 0.462 e. The number of anilines is 2. The molecule has 0 radical (unpaired) electrons. The molecule has 0 heterocycles. The number of hydrogen-bond acceptors (Lipinski definition) is 4. The fraction of sp³-hybridized carbons (Fsp3) is 0.500. The number of hydrogen-bond donors (Lipinski definition) is 1. The second kappa shape index (κ2) is 6.28. The number of ether oxygens (including phenoxy) is 1. The summed E-state index contributed by atoms with van der Waals surface area (Å²) in [4.78, 5) is 13.9. The van der Waals surface area contributed by atoms with Crippen LogP contribution in [0.3, 0.4) is 0 Å². The third-order valence-electron chi connectivity index (χ3n) is 2.82. The van der Waals surface area contributed by atoms with Gasteiger partial charge in [-0.15, -0.1) is 0 Å². The highest BCUT2D eigenvalue weighted by Crippen LogP contribution is 2.26. The maximum Gasteiger partial charge on any atom is 0.338 e. The standard InChI is InChI=1S/C14H22N2O2/c1-5-16(10(3)4)13-9-11(7-8-12(13)15)14(17)18-6-2/h7-10H,5-6,15H2,1-4H3. The van der Waals surface area contributed by atoms with E-state index < -0.39 is 0 Å². The number of carbonyl (C=O) groups is 1. The molecule has 1 rings (SSSR count). The molecule has 0 aliphatic rings. The molecule has 0 spiro atoms. The number of nitrogen functional groups attached to an aromatic ring is 1. The zero-order valence-corrected chi connectivity index (χ0v) is 11.6. The van der Waals surface area contributed by atoms with E-state index in [0.29, 0.717) is 23.9 Å². The molecule has 0 amide bonds. The van der Waals surface area contributed by atoms with Crippen molar-refractivity contribution in [3.05, 3.63) is 23.8 Å². The first-order chi connectivity index (χ1) is 8.51. The lowest BCUT2D eigenvalue weighted by Gasteiger charge is -2.29. The van der Waals surface area contributed by atoms with Gasteiger partial charge >= 0.3 is 5.97 Å². The van der Waals surface area contributed by atoms with Crippen molar-refractivity contribution in [2.24, 2.45) is 0 Å². The lowest BCUT2D eigenvalue weighted by molar-refractivity contribution is 0.0526. The highest BCUT2D eigenvalue weighted by Gasteiger charge is 2.15. The second-order valence-corrected chi connectivity index (χ2v) is 4.37. The van der Waals surface area contributed by atoms with Gasteiger partial charge in [-0.2, -0.15) is 0 Å². The Morgan fingerprint density at radius 2 is 2.06 bits per heavy atom. The number of esters is 1. The van der Waals surface area contributed by atoms with Crippen LogP contribution in [0.4, 0.5) is 11.4 Å². The third-order valence-corrected chi connectivity index (χ3v) is 2.82. The summed E-state index contributed by atoms with van der Waals surface area (Å²) in [5, 5.41) is 0. The lowest BCUT2D eigenvalue weighted by Crippen LogP contribution is -2.31. The van der Waals surface area contributed by atoms with Crippen LogP contribution in [0.5, 0.6) is 0 Å². The van der Waals surface area contributed by atoms with Gasteiger partial charge in [0, 0.05) is 12.6 Å². The number of carbonyl (C=O) groups excluding carboxylic acids is 1. The normalized spacial score (nSPS) is 10.5. The van der Waals surface area contributed by atoms with E-state index in [9.17, 15) is 4.79 Å². The molecule has 0 unspecified atom stereocenters. The van der Waals surface area contributed by atoms with Crippen LogP contribution in [0.15, 0.2) is 18.2 Å². The van der Waals surface area contributed by atoms with Crippen molar-refractivity contribution in [1.82, 2.24) is 0 Å². The summed E-state index contributed by atoms with van der Waals surface area (Å²) in [6, 6.07) is 5.59. The summed E-state index contributed by atoms with van der Waals surface area (Å²) in [5.41, 5.74) is 8.09. The summed E-state index contributed by atoms with van der Waals surface area (Å²) in [7, 11) is 0. The van der Waals surface area contributed by atoms with Crippen LogP contribution in [-0.4, -0.2) is 25.2 Å².